The molecule has 0 bridgehead atoms. The summed E-state index contributed by atoms with van der Waals surface area (Å²) in [4.78, 5) is 12.0. The van der Waals surface area contributed by atoms with Crippen molar-refractivity contribution in [2.24, 2.45) is 0 Å². The Kier molecular flexibility index (Phi) is 5.76. The molecule has 2 aromatic rings. The first-order valence-corrected chi connectivity index (χ1v) is 10.5. The van der Waals surface area contributed by atoms with E-state index >= 15 is 0 Å². The zero-order valence-electron chi connectivity index (χ0n) is 13.8. The van der Waals surface area contributed by atoms with Gasteiger partial charge in [0.05, 0.1) is 0 Å². The zero-order chi connectivity index (χ0) is 16.8. The van der Waals surface area contributed by atoms with Crippen molar-refractivity contribution in [3.05, 3.63) is 61.7 Å². The van der Waals surface area contributed by atoms with Crippen molar-refractivity contribution < 1.29 is 35.5 Å². The minimum atomic E-state index is -0.593. The summed E-state index contributed by atoms with van der Waals surface area (Å²) in [6, 6.07) is 18.2. The summed E-state index contributed by atoms with van der Waals surface area (Å²) >= 11 is -0.200. The molecule has 0 spiro atoms. The molecule has 1 aliphatic rings. The van der Waals surface area contributed by atoms with Crippen molar-refractivity contribution >= 4 is 6.16 Å². The Morgan fingerprint density at radius 3 is 2.21 bits per heavy atom. The fourth-order valence-corrected chi connectivity index (χ4v) is 5.10. The van der Waals surface area contributed by atoms with Gasteiger partial charge in [-0.1, -0.05) is 0 Å². The van der Waals surface area contributed by atoms with Gasteiger partial charge in [-0.2, -0.15) is 0 Å². The van der Waals surface area contributed by atoms with E-state index in [4.69, 9.17) is 9.47 Å². The molecule has 0 radical (unpaired) electrons. The van der Waals surface area contributed by atoms with Gasteiger partial charge in [0, 0.05) is 0 Å². The number of carbonyl (C=O) groups is 1. The molecule has 0 aliphatic heterocycles. The number of hydrogen-bond donors (Lipinski definition) is 0. The average molecular weight is 437 g/mol. The van der Waals surface area contributed by atoms with Crippen LogP contribution in [0, 0.1) is 7.14 Å². The van der Waals surface area contributed by atoms with Gasteiger partial charge in [-0.25, -0.2) is 0 Å². The summed E-state index contributed by atoms with van der Waals surface area (Å²) in [5.41, 5.74) is -0.367. The third-order valence-corrected chi connectivity index (χ3v) is 6.89. The van der Waals surface area contributed by atoms with Crippen LogP contribution in [0.3, 0.4) is 0 Å². The van der Waals surface area contributed by atoms with E-state index in [2.05, 4.69) is 24.3 Å². The van der Waals surface area contributed by atoms with Gasteiger partial charge in [-0.3, -0.25) is 0 Å². The number of halogens is 1. The number of rotatable bonds is 4. The molecular weight excluding hydrogens is 415 g/mol. The Morgan fingerprint density at radius 2 is 1.54 bits per heavy atom. The van der Waals surface area contributed by atoms with Crippen molar-refractivity contribution in [3.63, 3.8) is 0 Å². The summed E-state index contributed by atoms with van der Waals surface area (Å²) in [7, 11) is 0. The molecule has 0 amide bonds. The van der Waals surface area contributed by atoms with Crippen LogP contribution in [0.25, 0.3) is 0 Å². The molecule has 0 N–H and O–H groups in total. The normalized spacial score (nSPS) is 16.5. The SMILES string of the molecule is CC1(OC(=O)Oc2ccc([I-]c3ccccc3)cc2)CCCCC1. The van der Waals surface area contributed by atoms with Crippen molar-refractivity contribution in [3.8, 4) is 5.75 Å². The number of ether oxygens (including phenoxy) is 2. The van der Waals surface area contributed by atoms with Gasteiger partial charge in [-0.05, 0) is 0 Å². The molecule has 1 aliphatic carbocycles. The summed E-state index contributed by atoms with van der Waals surface area (Å²) in [5, 5.41) is 0. The number of hydrogen-bond acceptors (Lipinski definition) is 3. The first-order valence-electron chi connectivity index (χ1n) is 8.34. The van der Waals surface area contributed by atoms with E-state index in [1.807, 2.05) is 37.3 Å². The van der Waals surface area contributed by atoms with Crippen molar-refractivity contribution in [1.82, 2.24) is 0 Å². The molecule has 0 saturated heterocycles. The quantitative estimate of drug-likeness (QED) is 0.418. The van der Waals surface area contributed by atoms with Crippen LogP contribution in [0.5, 0.6) is 5.75 Å². The van der Waals surface area contributed by atoms with Gasteiger partial charge >= 0.3 is 154 Å². The first kappa shape index (κ1) is 17.3. The molecular formula is C20H22IO3-. The topological polar surface area (TPSA) is 35.5 Å². The number of carbonyl (C=O) groups excluding carboxylic acids is 1. The second-order valence-corrected chi connectivity index (χ2v) is 9.34. The molecule has 3 rings (SSSR count). The fourth-order valence-electron chi connectivity index (χ4n) is 2.89. The zero-order valence-corrected chi connectivity index (χ0v) is 16.0. The van der Waals surface area contributed by atoms with Crippen molar-refractivity contribution in [1.29, 1.82) is 0 Å². The van der Waals surface area contributed by atoms with Crippen LogP contribution in [0.1, 0.15) is 39.0 Å². The van der Waals surface area contributed by atoms with Gasteiger partial charge in [0.1, 0.15) is 0 Å². The van der Waals surface area contributed by atoms with Crippen LogP contribution in [-0.4, -0.2) is 11.8 Å². The van der Waals surface area contributed by atoms with Gasteiger partial charge < -0.3 is 0 Å². The average Bonchev–Trinajstić information content (AvgIpc) is 2.58. The monoisotopic (exact) mass is 437 g/mol. The first-order chi connectivity index (χ1) is 11.6. The molecule has 0 atom stereocenters. The van der Waals surface area contributed by atoms with E-state index in [1.54, 1.807) is 0 Å². The molecule has 0 unspecified atom stereocenters. The second-order valence-electron chi connectivity index (χ2n) is 6.31. The predicted octanol–water partition coefficient (Wildman–Crippen LogP) is 2.05. The minimum absolute atomic E-state index is 0.200. The van der Waals surface area contributed by atoms with E-state index in [0.29, 0.717) is 5.75 Å². The Morgan fingerprint density at radius 1 is 0.917 bits per heavy atom. The molecule has 128 valence electrons. The van der Waals surface area contributed by atoms with Crippen LogP contribution in [-0.2, 0) is 4.74 Å². The van der Waals surface area contributed by atoms with Gasteiger partial charge in [-0.15, -0.1) is 0 Å². The van der Waals surface area contributed by atoms with Gasteiger partial charge in [0.25, 0.3) is 0 Å². The van der Waals surface area contributed by atoms with E-state index < -0.39 is 6.16 Å². The standard InChI is InChI=1S/C20H22IO3/c1-20(14-6-3-7-15-20)24-19(22)23-18-12-10-17(11-13-18)21-16-8-4-2-5-9-16/h2,4-5,8-13H,3,6-7,14-15H2,1H3/q-1. The molecule has 0 heterocycles. The molecule has 1 saturated carbocycles. The molecule has 2 aromatic carbocycles. The predicted molar refractivity (Wildman–Crippen MR) is 88.9 cm³/mol. The maximum atomic E-state index is 12.0. The van der Waals surface area contributed by atoms with Crippen LogP contribution in [0.15, 0.2) is 54.6 Å². The number of benzene rings is 2. The molecule has 4 heteroatoms. The second kappa shape index (κ2) is 8.01. The van der Waals surface area contributed by atoms with E-state index in [9.17, 15) is 4.79 Å². The van der Waals surface area contributed by atoms with Crippen LogP contribution in [0.2, 0.25) is 0 Å². The molecule has 24 heavy (non-hydrogen) atoms. The summed E-state index contributed by atoms with van der Waals surface area (Å²) in [5.74, 6) is 0.542. The maximum absolute atomic E-state index is 12.0. The van der Waals surface area contributed by atoms with Gasteiger partial charge in [0.2, 0.25) is 0 Å². The third-order valence-electron chi connectivity index (χ3n) is 4.21. The van der Waals surface area contributed by atoms with Crippen LogP contribution >= 0.6 is 0 Å². The summed E-state index contributed by atoms with van der Waals surface area (Å²) < 4.78 is 13.6. The van der Waals surface area contributed by atoms with E-state index in [1.165, 1.54) is 13.6 Å². The Balaban J connectivity index is 1.54. The van der Waals surface area contributed by atoms with Crippen LogP contribution < -0.4 is 25.9 Å². The molecule has 1 fully saturated rings. The Hall–Kier alpha value is -1.56. The summed E-state index contributed by atoms with van der Waals surface area (Å²) in [6.45, 7) is 2.00. The third kappa shape index (κ3) is 4.97. The Bertz CT molecular complexity index is 661. The fraction of sp³-hybridized carbons (Fsp3) is 0.350. The molecule has 3 nitrogen and oxygen atoms in total. The summed E-state index contributed by atoms with van der Waals surface area (Å²) in [6.07, 6.45) is 4.69. The van der Waals surface area contributed by atoms with Gasteiger partial charge in [0.15, 0.2) is 0 Å². The van der Waals surface area contributed by atoms with E-state index in [0.717, 1.165) is 25.7 Å². The van der Waals surface area contributed by atoms with E-state index in [-0.39, 0.29) is 26.8 Å². The van der Waals surface area contributed by atoms with Crippen molar-refractivity contribution in [2.45, 2.75) is 44.6 Å². The van der Waals surface area contributed by atoms with Crippen molar-refractivity contribution in [2.75, 3.05) is 0 Å². The molecule has 0 aromatic heterocycles. The van der Waals surface area contributed by atoms with Crippen LogP contribution in [0.4, 0.5) is 4.79 Å². The Labute approximate surface area is 153 Å².